The summed E-state index contributed by atoms with van der Waals surface area (Å²) in [6, 6.07) is 3.92. The number of carbonyl (C=O) groups is 1. The Bertz CT molecular complexity index is 784. The highest BCUT2D eigenvalue weighted by Crippen LogP contribution is 2.25. The first-order chi connectivity index (χ1) is 10.2. The predicted octanol–water partition coefficient (Wildman–Crippen LogP) is 2.71. The average molecular weight is 300 g/mol. The van der Waals surface area contributed by atoms with Crippen LogP contribution in [0, 0.1) is 0 Å². The number of amides is 1. The van der Waals surface area contributed by atoms with Crippen molar-refractivity contribution in [2.45, 2.75) is 25.8 Å². The number of aromatic nitrogens is 3. The summed E-state index contributed by atoms with van der Waals surface area (Å²) >= 11 is 1.64. The summed E-state index contributed by atoms with van der Waals surface area (Å²) in [4.78, 5) is 17.4. The molecule has 0 radical (unpaired) electrons. The quantitative estimate of drug-likeness (QED) is 0.781. The highest BCUT2D eigenvalue weighted by Gasteiger charge is 2.21. The normalized spacial score (nSPS) is 13.8. The Balaban J connectivity index is 1.55. The van der Waals surface area contributed by atoms with E-state index in [1.165, 1.54) is 17.7 Å². The zero-order valence-corrected chi connectivity index (χ0v) is 12.6. The predicted molar refractivity (Wildman–Crippen MR) is 82.6 cm³/mol. The Hall–Kier alpha value is -2.08. The Morgan fingerprint density at radius 2 is 2.38 bits per heavy atom. The molecule has 0 fully saturated rings. The third-order valence-electron chi connectivity index (χ3n) is 4.10. The lowest BCUT2D eigenvalue weighted by molar-refractivity contribution is 0.0778. The van der Waals surface area contributed by atoms with Crippen molar-refractivity contribution in [2.75, 3.05) is 7.05 Å². The Labute approximate surface area is 126 Å². The lowest BCUT2D eigenvalue weighted by Gasteiger charge is -2.15. The second-order valence-electron chi connectivity index (χ2n) is 5.52. The SMILES string of the molecule is CN(Cc1n[nH]c2c1CCC2)C(=O)c1cc2sccc2[nH]1. The van der Waals surface area contributed by atoms with E-state index in [1.54, 1.807) is 16.2 Å². The molecule has 0 saturated carbocycles. The van der Waals surface area contributed by atoms with Gasteiger partial charge < -0.3 is 9.88 Å². The molecule has 1 aliphatic rings. The molecule has 0 spiro atoms. The van der Waals surface area contributed by atoms with E-state index in [4.69, 9.17) is 0 Å². The fourth-order valence-corrected chi connectivity index (χ4v) is 3.77. The average Bonchev–Trinajstić information content (AvgIpc) is 3.18. The number of H-pyrrole nitrogens is 2. The van der Waals surface area contributed by atoms with Gasteiger partial charge in [-0.2, -0.15) is 5.10 Å². The summed E-state index contributed by atoms with van der Waals surface area (Å²) < 4.78 is 1.12. The summed E-state index contributed by atoms with van der Waals surface area (Å²) in [6.45, 7) is 0.553. The monoisotopic (exact) mass is 300 g/mol. The van der Waals surface area contributed by atoms with E-state index < -0.39 is 0 Å². The van der Waals surface area contributed by atoms with Gasteiger partial charge in [-0.05, 0) is 42.3 Å². The van der Waals surface area contributed by atoms with Gasteiger partial charge in [0.25, 0.3) is 5.91 Å². The fraction of sp³-hybridized carbons (Fsp3) is 0.333. The number of hydrogen-bond acceptors (Lipinski definition) is 3. The van der Waals surface area contributed by atoms with Crippen LogP contribution in [0.5, 0.6) is 0 Å². The third kappa shape index (κ3) is 2.06. The molecule has 3 aromatic heterocycles. The van der Waals surface area contributed by atoms with Crippen molar-refractivity contribution in [2.24, 2.45) is 0 Å². The molecule has 3 heterocycles. The van der Waals surface area contributed by atoms with Crippen molar-refractivity contribution < 1.29 is 4.79 Å². The molecule has 0 aliphatic heterocycles. The number of thiophene rings is 1. The van der Waals surface area contributed by atoms with E-state index in [0.29, 0.717) is 12.2 Å². The molecule has 1 amide bonds. The van der Waals surface area contributed by atoms with Crippen LogP contribution in [0.2, 0.25) is 0 Å². The number of aromatic amines is 2. The van der Waals surface area contributed by atoms with E-state index >= 15 is 0 Å². The number of nitrogens with one attached hydrogen (secondary N) is 2. The van der Waals surface area contributed by atoms with Gasteiger partial charge in [0.1, 0.15) is 5.69 Å². The number of nitrogens with zero attached hydrogens (tertiary/aromatic N) is 2. The van der Waals surface area contributed by atoms with Crippen LogP contribution in [0.1, 0.15) is 33.9 Å². The topological polar surface area (TPSA) is 64.8 Å². The smallest absolute Gasteiger partial charge is 0.270 e. The third-order valence-corrected chi connectivity index (χ3v) is 4.96. The van der Waals surface area contributed by atoms with Crippen molar-refractivity contribution in [3.8, 4) is 0 Å². The van der Waals surface area contributed by atoms with E-state index in [2.05, 4.69) is 15.2 Å². The lowest BCUT2D eigenvalue weighted by atomic mass is 10.2. The van der Waals surface area contributed by atoms with Crippen LogP contribution in [0.3, 0.4) is 0 Å². The molecule has 6 heteroatoms. The van der Waals surface area contributed by atoms with Crippen molar-refractivity contribution in [3.05, 3.63) is 40.2 Å². The molecule has 108 valence electrons. The van der Waals surface area contributed by atoms with Gasteiger partial charge >= 0.3 is 0 Å². The van der Waals surface area contributed by atoms with Crippen LogP contribution in [0.25, 0.3) is 10.2 Å². The van der Waals surface area contributed by atoms with Gasteiger partial charge in [-0.3, -0.25) is 9.89 Å². The Morgan fingerprint density at radius 1 is 1.48 bits per heavy atom. The minimum atomic E-state index is 0.00754. The largest absolute Gasteiger partial charge is 0.350 e. The first-order valence-electron chi connectivity index (χ1n) is 7.09. The van der Waals surface area contributed by atoms with Crippen LogP contribution < -0.4 is 0 Å². The number of hydrogen-bond donors (Lipinski definition) is 2. The molecule has 1 aliphatic carbocycles. The molecule has 0 atom stereocenters. The van der Waals surface area contributed by atoms with E-state index in [0.717, 1.165) is 28.8 Å². The zero-order valence-electron chi connectivity index (χ0n) is 11.8. The van der Waals surface area contributed by atoms with Gasteiger partial charge in [0.15, 0.2) is 0 Å². The van der Waals surface area contributed by atoms with Crippen LogP contribution in [0.4, 0.5) is 0 Å². The number of fused-ring (bicyclic) bond motifs is 2. The molecule has 5 nitrogen and oxygen atoms in total. The molecule has 0 saturated heterocycles. The van der Waals surface area contributed by atoms with Crippen LogP contribution >= 0.6 is 11.3 Å². The number of carbonyl (C=O) groups excluding carboxylic acids is 1. The molecular formula is C15H16N4OS. The standard InChI is InChI=1S/C15H16N4OS/c1-19(8-13-9-3-2-4-10(9)17-18-13)15(20)12-7-14-11(16-12)5-6-21-14/h5-7,16H,2-4,8H2,1H3,(H,17,18). The maximum Gasteiger partial charge on any atom is 0.270 e. The van der Waals surface area contributed by atoms with Crippen molar-refractivity contribution in [1.29, 1.82) is 0 Å². The first-order valence-corrected chi connectivity index (χ1v) is 7.97. The fourth-order valence-electron chi connectivity index (χ4n) is 2.98. The molecule has 2 N–H and O–H groups in total. The van der Waals surface area contributed by atoms with Gasteiger partial charge in [0.05, 0.1) is 22.5 Å². The van der Waals surface area contributed by atoms with Gasteiger partial charge in [-0.1, -0.05) is 0 Å². The summed E-state index contributed by atoms with van der Waals surface area (Å²) in [5.41, 5.74) is 5.23. The number of aryl methyl sites for hydroxylation is 1. The molecule has 0 aromatic carbocycles. The van der Waals surface area contributed by atoms with Gasteiger partial charge in [0, 0.05) is 12.7 Å². The highest BCUT2D eigenvalue weighted by molar-refractivity contribution is 7.17. The van der Waals surface area contributed by atoms with Crippen LogP contribution in [0.15, 0.2) is 17.5 Å². The van der Waals surface area contributed by atoms with Gasteiger partial charge in [-0.25, -0.2) is 0 Å². The Morgan fingerprint density at radius 3 is 3.24 bits per heavy atom. The summed E-state index contributed by atoms with van der Waals surface area (Å²) in [5, 5.41) is 9.47. The summed E-state index contributed by atoms with van der Waals surface area (Å²) in [6.07, 6.45) is 3.33. The molecule has 3 aromatic rings. The highest BCUT2D eigenvalue weighted by atomic mass is 32.1. The van der Waals surface area contributed by atoms with Gasteiger partial charge in [0.2, 0.25) is 0 Å². The summed E-state index contributed by atoms with van der Waals surface area (Å²) in [5.74, 6) is 0.00754. The van der Waals surface area contributed by atoms with E-state index in [1.807, 2.05) is 24.6 Å². The lowest BCUT2D eigenvalue weighted by Crippen LogP contribution is -2.27. The summed E-state index contributed by atoms with van der Waals surface area (Å²) in [7, 11) is 1.83. The minimum absolute atomic E-state index is 0.00754. The van der Waals surface area contributed by atoms with Crippen LogP contribution in [-0.2, 0) is 19.4 Å². The maximum absolute atomic E-state index is 12.5. The van der Waals surface area contributed by atoms with Crippen molar-refractivity contribution >= 4 is 27.5 Å². The molecule has 21 heavy (non-hydrogen) atoms. The zero-order chi connectivity index (χ0) is 14.4. The van der Waals surface area contributed by atoms with Gasteiger partial charge in [-0.15, -0.1) is 11.3 Å². The van der Waals surface area contributed by atoms with E-state index in [-0.39, 0.29) is 5.91 Å². The molecular weight excluding hydrogens is 284 g/mol. The molecule has 0 bridgehead atoms. The van der Waals surface area contributed by atoms with E-state index in [9.17, 15) is 4.79 Å². The molecule has 0 unspecified atom stereocenters. The second-order valence-corrected chi connectivity index (χ2v) is 6.47. The molecule has 4 rings (SSSR count). The van der Waals surface area contributed by atoms with Crippen LogP contribution in [-0.4, -0.2) is 33.0 Å². The first kappa shape index (κ1) is 12.6. The maximum atomic E-state index is 12.5. The second kappa shape index (κ2) is 4.73. The van der Waals surface area contributed by atoms with Crippen molar-refractivity contribution in [1.82, 2.24) is 20.1 Å². The van der Waals surface area contributed by atoms with Crippen molar-refractivity contribution in [3.63, 3.8) is 0 Å². The Kier molecular flexibility index (Phi) is 2.85. The minimum Gasteiger partial charge on any atom is -0.350 e. The number of rotatable bonds is 3.